The van der Waals surface area contributed by atoms with Gasteiger partial charge in [0.1, 0.15) is 4.90 Å². The van der Waals surface area contributed by atoms with Crippen LogP contribution in [0.25, 0.3) is 0 Å². The highest BCUT2D eigenvalue weighted by atomic mass is 79.9. The molecule has 1 aromatic rings. The molecule has 18 heavy (non-hydrogen) atoms. The summed E-state index contributed by atoms with van der Waals surface area (Å²) in [6.45, 7) is 1.81. The van der Waals surface area contributed by atoms with Crippen LogP contribution in [0.4, 0.5) is 0 Å². The lowest BCUT2D eigenvalue weighted by molar-refractivity contribution is 0.518. The molecule has 1 aliphatic rings. The van der Waals surface area contributed by atoms with Gasteiger partial charge in [-0.05, 0) is 54.3 Å². The van der Waals surface area contributed by atoms with Crippen molar-refractivity contribution in [1.82, 2.24) is 15.0 Å². The molecule has 2 rings (SSSR count). The van der Waals surface area contributed by atoms with Gasteiger partial charge < -0.3 is 5.32 Å². The zero-order valence-electron chi connectivity index (χ0n) is 9.89. The third kappa shape index (κ3) is 3.74. The molecule has 0 amide bonds. The average Bonchev–Trinajstić information content (AvgIpc) is 2.57. The van der Waals surface area contributed by atoms with E-state index in [1.165, 1.54) is 6.20 Å². The summed E-state index contributed by atoms with van der Waals surface area (Å²) in [5.74, 6) is 0. The Morgan fingerprint density at radius 3 is 2.94 bits per heavy atom. The first-order chi connectivity index (χ1) is 8.58. The molecule has 0 bridgehead atoms. The Morgan fingerprint density at radius 2 is 2.17 bits per heavy atom. The van der Waals surface area contributed by atoms with Gasteiger partial charge in [-0.1, -0.05) is 0 Å². The van der Waals surface area contributed by atoms with Crippen LogP contribution in [0.15, 0.2) is 27.8 Å². The molecule has 0 spiro atoms. The molecule has 100 valence electrons. The number of halogens is 1. The van der Waals surface area contributed by atoms with Crippen molar-refractivity contribution < 1.29 is 8.42 Å². The van der Waals surface area contributed by atoms with E-state index in [9.17, 15) is 8.42 Å². The fourth-order valence-corrected chi connectivity index (χ4v) is 3.77. The second kappa shape index (κ2) is 6.10. The van der Waals surface area contributed by atoms with E-state index in [1.807, 2.05) is 0 Å². The number of sulfonamides is 1. The normalized spacial score (nSPS) is 21.5. The number of pyridine rings is 1. The largest absolute Gasteiger partial charge is 0.317 e. The van der Waals surface area contributed by atoms with Gasteiger partial charge >= 0.3 is 0 Å². The summed E-state index contributed by atoms with van der Waals surface area (Å²) in [4.78, 5) is 4.09. The van der Waals surface area contributed by atoms with Crippen LogP contribution >= 0.6 is 15.9 Å². The molecule has 1 atom stereocenters. The fourth-order valence-electron chi connectivity index (χ4n) is 1.96. The van der Waals surface area contributed by atoms with E-state index >= 15 is 0 Å². The smallest absolute Gasteiger partial charge is 0.242 e. The van der Waals surface area contributed by atoms with Gasteiger partial charge in [0, 0.05) is 22.9 Å². The first kappa shape index (κ1) is 13.9. The first-order valence-electron chi connectivity index (χ1n) is 5.91. The van der Waals surface area contributed by atoms with Gasteiger partial charge in [-0.25, -0.2) is 13.1 Å². The van der Waals surface area contributed by atoms with Crippen molar-refractivity contribution >= 4 is 26.0 Å². The van der Waals surface area contributed by atoms with Crippen molar-refractivity contribution in [2.45, 2.75) is 30.2 Å². The maximum atomic E-state index is 12.2. The predicted molar refractivity (Wildman–Crippen MR) is 72.8 cm³/mol. The predicted octanol–water partition coefficient (Wildman–Crippen LogP) is 1.26. The molecule has 5 nitrogen and oxygen atoms in total. The summed E-state index contributed by atoms with van der Waals surface area (Å²) in [5.41, 5.74) is 0. The highest BCUT2D eigenvalue weighted by Gasteiger charge is 2.21. The number of nitrogens with one attached hydrogen (secondary N) is 2. The number of hydrogen-bond acceptors (Lipinski definition) is 4. The van der Waals surface area contributed by atoms with Crippen LogP contribution in [0.1, 0.15) is 19.3 Å². The summed E-state index contributed by atoms with van der Waals surface area (Å²) in [7, 11) is -3.47. The standard InChI is InChI=1S/C11H16BrN3O2S/c12-9-6-11(8-14-7-9)18(16,17)15-10-2-1-4-13-5-3-10/h6-8,10,13,15H,1-5H2. The van der Waals surface area contributed by atoms with Crippen LogP contribution in [0.2, 0.25) is 0 Å². The minimum absolute atomic E-state index is 0.00369. The Hall–Kier alpha value is -0.500. The first-order valence-corrected chi connectivity index (χ1v) is 8.19. The summed E-state index contributed by atoms with van der Waals surface area (Å²) in [6.07, 6.45) is 5.61. The molecule has 2 heterocycles. The topological polar surface area (TPSA) is 71.1 Å². The molecule has 0 radical (unpaired) electrons. The van der Waals surface area contributed by atoms with E-state index in [0.717, 1.165) is 32.4 Å². The molecule has 7 heteroatoms. The molecule has 1 aromatic heterocycles. The van der Waals surface area contributed by atoms with E-state index in [1.54, 1.807) is 12.3 Å². The van der Waals surface area contributed by atoms with Crippen LogP contribution < -0.4 is 10.0 Å². The Balaban J connectivity index is 2.11. The molecule has 1 aliphatic heterocycles. The van der Waals surface area contributed by atoms with Crippen molar-refractivity contribution in [3.8, 4) is 0 Å². The van der Waals surface area contributed by atoms with Gasteiger partial charge in [-0.15, -0.1) is 0 Å². The van der Waals surface area contributed by atoms with Crippen molar-refractivity contribution in [1.29, 1.82) is 0 Å². The van der Waals surface area contributed by atoms with E-state index in [2.05, 4.69) is 31.0 Å². The number of rotatable bonds is 3. The monoisotopic (exact) mass is 333 g/mol. The SMILES string of the molecule is O=S(=O)(NC1CCCNCC1)c1cncc(Br)c1. The van der Waals surface area contributed by atoms with Gasteiger partial charge in [-0.3, -0.25) is 4.98 Å². The lowest BCUT2D eigenvalue weighted by atomic mass is 10.1. The van der Waals surface area contributed by atoms with E-state index in [0.29, 0.717) is 4.47 Å². The zero-order chi connectivity index (χ0) is 13.0. The summed E-state index contributed by atoms with van der Waals surface area (Å²) in [5, 5.41) is 3.26. The van der Waals surface area contributed by atoms with Crippen LogP contribution in [-0.4, -0.2) is 32.5 Å². The molecule has 0 aromatic carbocycles. The van der Waals surface area contributed by atoms with Crippen molar-refractivity contribution in [3.05, 3.63) is 22.9 Å². The quantitative estimate of drug-likeness (QED) is 0.873. The van der Waals surface area contributed by atoms with E-state index in [-0.39, 0.29) is 10.9 Å². The second-order valence-electron chi connectivity index (χ2n) is 4.34. The Labute approximate surface area is 116 Å². The van der Waals surface area contributed by atoms with Crippen molar-refractivity contribution in [2.24, 2.45) is 0 Å². The molecule has 1 saturated heterocycles. The lowest BCUT2D eigenvalue weighted by Crippen LogP contribution is -2.35. The van der Waals surface area contributed by atoms with Crippen molar-refractivity contribution in [2.75, 3.05) is 13.1 Å². The number of aromatic nitrogens is 1. The third-order valence-corrected chi connectivity index (χ3v) is 4.81. The van der Waals surface area contributed by atoms with Gasteiger partial charge in [0.2, 0.25) is 10.0 Å². The Morgan fingerprint density at radius 1 is 1.33 bits per heavy atom. The van der Waals surface area contributed by atoms with Gasteiger partial charge in [0.05, 0.1) is 0 Å². The highest BCUT2D eigenvalue weighted by molar-refractivity contribution is 9.10. The highest BCUT2D eigenvalue weighted by Crippen LogP contribution is 2.16. The van der Waals surface area contributed by atoms with E-state index < -0.39 is 10.0 Å². The van der Waals surface area contributed by atoms with Crippen LogP contribution in [-0.2, 0) is 10.0 Å². The molecular formula is C11H16BrN3O2S. The summed E-state index contributed by atoms with van der Waals surface area (Å²) < 4.78 is 27.8. The summed E-state index contributed by atoms with van der Waals surface area (Å²) in [6, 6.07) is 1.56. The zero-order valence-corrected chi connectivity index (χ0v) is 12.3. The van der Waals surface area contributed by atoms with Gasteiger partial charge in [0.25, 0.3) is 0 Å². The molecule has 2 N–H and O–H groups in total. The van der Waals surface area contributed by atoms with Gasteiger partial charge in [-0.2, -0.15) is 0 Å². The molecule has 0 aliphatic carbocycles. The maximum absolute atomic E-state index is 12.2. The minimum Gasteiger partial charge on any atom is -0.317 e. The maximum Gasteiger partial charge on any atom is 0.242 e. The Bertz CT molecular complexity index is 499. The second-order valence-corrected chi connectivity index (χ2v) is 6.97. The third-order valence-electron chi connectivity index (χ3n) is 2.89. The van der Waals surface area contributed by atoms with E-state index in [4.69, 9.17) is 0 Å². The average molecular weight is 334 g/mol. The fraction of sp³-hybridized carbons (Fsp3) is 0.545. The Kier molecular flexibility index (Phi) is 4.71. The van der Waals surface area contributed by atoms with Crippen LogP contribution in [0, 0.1) is 0 Å². The number of hydrogen-bond donors (Lipinski definition) is 2. The minimum atomic E-state index is -3.47. The number of nitrogens with zero attached hydrogens (tertiary/aromatic N) is 1. The van der Waals surface area contributed by atoms with Crippen molar-refractivity contribution in [3.63, 3.8) is 0 Å². The molecule has 1 fully saturated rings. The van der Waals surface area contributed by atoms with Crippen LogP contribution in [0.3, 0.4) is 0 Å². The van der Waals surface area contributed by atoms with Gasteiger partial charge in [0.15, 0.2) is 0 Å². The van der Waals surface area contributed by atoms with Crippen LogP contribution in [0.5, 0.6) is 0 Å². The molecular weight excluding hydrogens is 318 g/mol. The molecule has 1 unspecified atom stereocenters. The lowest BCUT2D eigenvalue weighted by Gasteiger charge is -2.15. The molecule has 0 saturated carbocycles. The summed E-state index contributed by atoms with van der Waals surface area (Å²) >= 11 is 3.23.